The lowest BCUT2D eigenvalue weighted by Gasteiger charge is -2.08. The van der Waals surface area contributed by atoms with E-state index in [0.29, 0.717) is 16.7 Å². The summed E-state index contributed by atoms with van der Waals surface area (Å²) >= 11 is 1.29. The van der Waals surface area contributed by atoms with Crippen LogP contribution in [0.5, 0.6) is 0 Å². The molecule has 0 radical (unpaired) electrons. The molecule has 0 amide bonds. The zero-order chi connectivity index (χ0) is 14.0. The molecule has 0 saturated heterocycles. The van der Waals surface area contributed by atoms with Gasteiger partial charge in [-0.3, -0.25) is 4.79 Å². The summed E-state index contributed by atoms with van der Waals surface area (Å²) in [5, 5.41) is 14.1. The summed E-state index contributed by atoms with van der Waals surface area (Å²) in [6, 6.07) is -1.26. The lowest BCUT2D eigenvalue weighted by Crippen LogP contribution is -2.21. The molecule has 8 heteroatoms. The first-order valence-corrected chi connectivity index (χ1v) is 6.48. The smallest absolute Gasteiger partial charge is 0.326 e. The van der Waals surface area contributed by atoms with Gasteiger partial charge in [-0.1, -0.05) is 0 Å². The maximum Gasteiger partial charge on any atom is 0.326 e. The molecule has 19 heavy (non-hydrogen) atoms. The highest BCUT2D eigenvalue weighted by molar-refractivity contribution is 7.13. The highest BCUT2D eigenvalue weighted by Gasteiger charge is 2.19. The zero-order valence-corrected chi connectivity index (χ0v) is 11.3. The number of hydrogen-bond acceptors (Lipinski definition) is 7. The molecule has 0 spiro atoms. The molecule has 2 unspecified atom stereocenters. The molecule has 0 aliphatic carbocycles. The van der Waals surface area contributed by atoms with Crippen LogP contribution in [0.15, 0.2) is 16.0 Å². The van der Waals surface area contributed by atoms with Crippen molar-refractivity contribution < 1.29 is 14.3 Å². The van der Waals surface area contributed by atoms with Gasteiger partial charge in [0.25, 0.3) is 0 Å². The molecule has 0 fully saturated rings. The fraction of sp³-hybridized carbons (Fsp3) is 0.364. The van der Waals surface area contributed by atoms with E-state index in [1.54, 1.807) is 11.6 Å². The quantitative estimate of drug-likeness (QED) is 0.764. The second kappa shape index (κ2) is 5.37. The molecule has 2 heterocycles. The van der Waals surface area contributed by atoms with E-state index in [0.717, 1.165) is 5.76 Å². The van der Waals surface area contributed by atoms with E-state index in [1.807, 2.05) is 13.8 Å². The van der Waals surface area contributed by atoms with Gasteiger partial charge < -0.3 is 20.6 Å². The molecule has 2 aromatic rings. The largest absolute Gasteiger partial charge is 0.480 e. The number of nitrogens with zero attached hydrogens (tertiary/aromatic N) is 2. The number of hydrogen-bond donors (Lipinski definition) is 3. The van der Waals surface area contributed by atoms with Gasteiger partial charge in [-0.05, 0) is 13.8 Å². The fourth-order valence-corrected chi connectivity index (χ4v) is 2.28. The van der Waals surface area contributed by atoms with Crippen molar-refractivity contribution in [2.45, 2.75) is 25.9 Å². The van der Waals surface area contributed by atoms with Crippen LogP contribution < -0.4 is 11.1 Å². The van der Waals surface area contributed by atoms with Gasteiger partial charge in [-0.15, -0.1) is 11.3 Å². The molecule has 7 nitrogen and oxygen atoms in total. The standard InChI is InChI=1S/C11H14N4O3S/c1-5-3-13-9(18-5)6(2)14-11-15-7(4-19-11)8(12)10(16)17/h3-4,6,8H,12H2,1-2H3,(H,14,15)(H,16,17). The van der Waals surface area contributed by atoms with Crippen molar-refractivity contribution in [1.82, 2.24) is 9.97 Å². The molecule has 0 aliphatic heterocycles. The summed E-state index contributed by atoms with van der Waals surface area (Å²) in [4.78, 5) is 19.0. The predicted octanol–water partition coefficient (Wildman–Crippen LogP) is 1.70. The van der Waals surface area contributed by atoms with Gasteiger partial charge in [0.15, 0.2) is 5.13 Å². The molecule has 4 N–H and O–H groups in total. The Labute approximate surface area is 113 Å². The fourth-order valence-electron chi connectivity index (χ4n) is 1.44. The van der Waals surface area contributed by atoms with Crippen LogP contribution in [0.4, 0.5) is 5.13 Å². The van der Waals surface area contributed by atoms with Crippen molar-refractivity contribution in [3.63, 3.8) is 0 Å². The van der Waals surface area contributed by atoms with Crippen LogP contribution in [0.3, 0.4) is 0 Å². The number of carbonyl (C=O) groups is 1. The Morgan fingerprint density at radius 2 is 2.37 bits per heavy atom. The number of oxazole rings is 1. The van der Waals surface area contributed by atoms with Gasteiger partial charge in [-0.25, -0.2) is 9.97 Å². The first kappa shape index (κ1) is 13.5. The lowest BCUT2D eigenvalue weighted by atomic mass is 10.2. The predicted molar refractivity (Wildman–Crippen MR) is 70.0 cm³/mol. The van der Waals surface area contributed by atoms with Crippen molar-refractivity contribution in [1.29, 1.82) is 0 Å². The summed E-state index contributed by atoms with van der Waals surface area (Å²) in [7, 11) is 0. The molecule has 2 rings (SSSR count). The van der Waals surface area contributed by atoms with Crippen LogP contribution in [0.25, 0.3) is 0 Å². The van der Waals surface area contributed by atoms with E-state index < -0.39 is 12.0 Å². The maximum atomic E-state index is 10.7. The Morgan fingerprint density at radius 1 is 1.63 bits per heavy atom. The average Bonchev–Trinajstić information content (AvgIpc) is 2.97. The van der Waals surface area contributed by atoms with Crippen molar-refractivity contribution in [2.24, 2.45) is 5.73 Å². The molecule has 102 valence electrons. The summed E-state index contributed by atoms with van der Waals surface area (Å²) in [5.74, 6) is 0.182. The molecule has 0 aliphatic rings. The highest BCUT2D eigenvalue weighted by atomic mass is 32.1. The van der Waals surface area contributed by atoms with E-state index in [1.165, 1.54) is 11.3 Å². The Morgan fingerprint density at radius 3 is 2.95 bits per heavy atom. The van der Waals surface area contributed by atoms with Gasteiger partial charge >= 0.3 is 5.97 Å². The third kappa shape index (κ3) is 3.09. The normalized spacial score (nSPS) is 14.1. The van der Waals surface area contributed by atoms with E-state index in [4.69, 9.17) is 15.3 Å². The minimum atomic E-state index is -1.11. The number of aryl methyl sites for hydroxylation is 1. The van der Waals surface area contributed by atoms with Crippen molar-refractivity contribution in [3.05, 3.63) is 28.9 Å². The van der Waals surface area contributed by atoms with Crippen molar-refractivity contribution >= 4 is 22.4 Å². The molecular weight excluding hydrogens is 268 g/mol. The second-order valence-corrected chi connectivity index (χ2v) is 4.93. The maximum absolute atomic E-state index is 10.7. The molecular formula is C11H14N4O3S. The van der Waals surface area contributed by atoms with Crippen LogP contribution in [0.1, 0.15) is 36.4 Å². The molecule has 0 saturated carbocycles. The third-order valence-corrected chi connectivity index (χ3v) is 3.25. The summed E-state index contributed by atoms with van der Waals surface area (Å²) < 4.78 is 5.39. The number of rotatable bonds is 5. The van der Waals surface area contributed by atoms with E-state index in [2.05, 4.69) is 15.3 Å². The van der Waals surface area contributed by atoms with Gasteiger partial charge in [0.05, 0.1) is 11.9 Å². The van der Waals surface area contributed by atoms with Crippen molar-refractivity contribution in [2.75, 3.05) is 5.32 Å². The first-order chi connectivity index (χ1) is 8.97. The Balaban J connectivity index is 2.06. The minimum absolute atomic E-state index is 0.159. The number of carboxylic acids is 1. The van der Waals surface area contributed by atoms with Crippen molar-refractivity contribution in [3.8, 4) is 0 Å². The number of thiazole rings is 1. The summed E-state index contributed by atoms with van der Waals surface area (Å²) in [6.45, 7) is 3.69. The first-order valence-electron chi connectivity index (χ1n) is 5.60. The average molecular weight is 282 g/mol. The molecule has 2 atom stereocenters. The highest BCUT2D eigenvalue weighted by Crippen LogP contribution is 2.24. The Bertz CT molecular complexity index is 580. The number of nitrogens with two attached hydrogens (primary N) is 1. The Kier molecular flexibility index (Phi) is 3.82. The van der Waals surface area contributed by atoms with Gasteiger partial charge in [0.1, 0.15) is 17.8 Å². The summed E-state index contributed by atoms with van der Waals surface area (Å²) in [5.41, 5.74) is 5.81. The number of carboxylic acid groups (broad SMARTS) is 1. The van der Waals surface area contributed by atoms with E-state index in [-0.39, 0.29) is 6.04 Å². The van der Waals surface area contributed by atoms with Crippen LogP contribution in [-0.2, 0) is 4.79 Å². The number of aliphatic carboxylic acids is 1. The SMILES string of the molecule is Cc1cnc(C(C)Nc2nc(C(N)C(=O)O)cs2)o1. The second-order valence-electron chi connectivity index (χ2n) is 4.07. The number of anilines is 1. The number of nitrogens with one attached hydrogen (secondary N) is 1. The molecule has 0 aromatic carbocycles. The monoisotopic (exact) mass is 282 g/mol. The Hall–Kier alpha value is -1.93. The van der Waals surface area contributed by atoms with Gasteiger partial charge in [0.2, 0.25) is 5.89 Å². The van der Waals surface area contributed by atoms with Crippen LogP contribution >= 0.6 is 11.3 Å². The van der Waals surface area contributed by atoms with Crippen LogP contribution in [0.2, 0.25) is 0 Å². The lowest BCUT2D eigenvalue weighted by molar-refractivity contribution is -0.138. The van der Waals surface area contributed by atoms with Gasteiger partial charge in [0, 0.05) is 5.38 Å². The van der Waals surface area contributed by atoms with E-state index >= 15 is 0 Å². The molecule has 0 bridgehead atoms. The molecule has 2 aromatic heterocycles. The van der Waals surface area contributed by atoms with Gasteiger partial charge in [-0.2, -0.15) is 0 Å². The number of aromatic nitrogens is 2. The van der Waals surface area contributed by atoms with Crippen LogP contribution in [-0.4, -0.2) is 21.0 Å². The topological polar surface area (TPSA) is 114 Å². The van der Waals surface area contributed by atoms with Crippen LogP contribution in [0, 0.1) is 6.92 Å². The zero-order valence-electron chi connectivity index (χ0n) is 10.5. The summed E-state index contributed by atoms with van der Waals surface area (Å²) in [6.07, 6.45) is 1.64. The third-order valence-electron chi connectivity index (χ3n) is 2.46. The van der Waals surface area contributed by atoms with E-state index in [9.17, 15) is 4.79 Å². The minimum Gasteiger partial charge on any atom is -0.480 e.